The summed E-state index contributed by atoms with van der Waals surface area (Å²) in [5, 5.41) is 12.1. The normalized spacial score (nSPS) is 11.3. The smallest absolute Gasteiger partial charge is 0.261 e. The van der Waals surface area contributed by atoms with Gasteiger partial charge < -0.3 is 0 Å². The van der Waals surface area contributed by atoms with Crippen molar-refractivity contribution in [3.63, 3.8) is 0 Å². The first-order chi connectivity index (χ1) is 14.3. The summed E-state index contributed by atoms with van der Waals surface area (Å²) in [6, 6.07) is 11.2. The Hall–Kier alpha value is -2.78. The number of carbonyl (C=O) groups is 1. The molecule has 0 fully saturated rings. The molecule has 0 radical (unpaired) electrons. The van der Waals surface area contributed by atoms with E-state index in [1.807, 2.05) is 13.8 Å². The Morgan fingerprint density at radius 2 is 1.77 bits per heavy atom. The van der Waals surface area contributed by atoms with E-state index < -0.39 is 10.0 Å². The molecule has 1 amide bonds. The van der Waals surface area contributed by atoms with Gasteiger partial charge in [-0.2, -0.15) is 0 Å². The summed E-state index contributed by atoms with van der Waals surface area (Å²) in [4.78, 5) is 12.6. The zero-order chi connectivity index (χ0) is 21.7. The van der Waals surface area contributed by atoms with E-state index in [0.717, 1.165) is 35.4 Å². The first-order valence-corrected chi connectivity index (χ1v) is 11.9. The highest BCUT2D eigenvalue weighted by Gasteiger charge is 2.16. The minimum absolute atomic E-state index is 0.197. The van der Waals surface area contributed by atoms with E-state index in [0.29, 0.717) is 16.4 Å². The molecule has 2 N–H and O–H groups in total. The van der Waals surface area contributed by atoms with Gasteiger partial charge >= 0.3 is 0 Å². The maximum atomic E-state index is 12.6. The number of sulfonamides is 1. The largest absolute Gasteiger partial charge is 0.296 e. The van der Waals surface area contributed by atoms with Gasteiger partial charge in [0.1, 0.15) is 5.01 Å². The van der Waals surface area contributed by atoms with Crippen LogP contribution >= 0.6 is 11.3 Å². The van der Waals surface area contributed by atoms with Crippen molar-refractivity contribution in [2.75, 3.05) is 10.0 Å². The molecule has 0 saturated heterocycles. The number of nitrogens with zero attached hydrogens (tertiary/aromatic N) is 2. The molecule has 0 atom stereocenters. The van der Waals surface area contributed by atoms with Crippen LogP contribution in [-0.4, -0.2) is 24.5 Å². The summed E-state index contributed by atoms with van der Waals surface area (Å²) in [5.41, 5.74) is 2.70. The molecule has 0 saturated carbocycles. The van der Waals surface area contributed by atoms with Crippen molar-refractivity contribution in [3.8, 4) is 0 Å². The van der Waals surface area contributed by atoms with E-state index in [-0.39, 0.29) is 10.8 Å². The minimum Gasteiger partial charge on any atom is -0.296 e. The molecule has 7 nitrogen and oxygen atoms in total. The number of aryl methyl sites for hydroxylation is 3. The van der Waals surface area contributed by atoms with Crippen molar-refractivity contribution in [2.45, 2.75) is 44.9 Å². The highest BCUT2D eigenvalue weighted by molar-refractivity contribution is 7.92. The van der Waals surface area contributed by atoms with Gasteiger partial charge in [-0.25, -0.2) is 8.42 Å². The molecule has 0 aliphatic carbocycles. The fourth-order valence-corrected chi connectivity index (χ4v) is 4.61. The monoisotopic (exact) mass is 444 g/mol. The molecule has 3 aromatic rings. The summed E-state index contributed by atoms with van der Waals surface area (Å²) in [6.07, 6.45) is 2.95. The summed E-state index contributed by atoms with van der Waals surface area (Å²) < 4.78 is 27.7. The molecule has 0 aliphatic heterocycles. The van der Waals surface area contributed by atoms with Gasteiger partial charge in [0.05, 0.1) is 4.90 Å². The van der Waals surface area contributed by atoms with Crippen LogP contribution in [0.25, 0.3) is 0 Å². The van der Waals surface area contributed by atoms with Crippen LogP contribution in [0.15, 0.2) is 47.4 Å². The van der Waals surface area contributed by atoms with Gasteiger partial charge in [0, 0.05) is 17.7 Å². The van der Waals surface area contributed by atoms with Crippen LogP contribution < -0.4 is 10.0 Å². The molecule has 2 aromatic carbocycles. The van der Waals surface area contributed by atoms with E-state index in [2.05, 4.69) is 27.2 Å². The molecule has 1 aromatic heterocycles. The number of benzene rings is 2. The average Bonchev–Trinajstić information content (AvgIpc) is 3.15. The van der Waals surface area contributed by atoms with Crippen LogP contribution in [0.5, 0.6) is 0 Å². The van der Waals surface area contributed by atoms with Crippen LogP contribution in [0, 0.1) is 13.8 Å². The lowest BCUT2D eigenvalue weighted by Gasteiger charge is -2.10. The van der Waals surface area contributed by atoms with Gasteiger partial charge in [-0.05, 0) is 67.8 Å². The lowest BCUT2D eigenvalue weighted by atomic mass is 10.1. The molecule has 3 rings (SSSR count). The van der Waals surface area contributed by atoms with Crippen molar-refractivity contribution >= 4 is 38.1 Å². The fourth-order valence-electron chi connectivity index (χ4n) is 2.69. The lowest BCUT2D eigenvalue weighted by molar-refractivity contribution is 0.102. The molecule has 0 aliphatic rings. The zero-order valence-electron chi connectivity index (χ0n) is 17.1. The number of carbonyl (C=O) groups excluding carboxylic acids is 1. The van der Waals surface area contributed by atoms with Gasteiger partial charge in [0.25, 0.3) is 15.9 Å². The Morgan fingerprint density at radius 3 is 2.43 bits per heavy atom. The number of amides is 1. The van der Waals surface area contributed by atoms with Crippen molar-refractivity contribution in [2.24, 2.45) is 0 Å². The first kappa shape index (κ1) is 21.9. The Morgan fingerprint density at radius 1 is 1.03 bits per heavy atom. The quantitative estimate of drug-likeness (QED) is 0.531. The van der Waals surface area contributed by atoms with Crippen LogP contribution in [-0.2, 0) is 16.4 Å². The Balaban J connectivity index is 1.66. The summed E-state index contributed by atoms with van der Waals surface area (Å²) >= 11 is 1.36. The number of nitrogens with one attached hydrogen (secondary N) is 2. The SMILES string of the molecule is CCCCc1nnc(NC(=O)c2ccc(NS(=O)(=O)c3ccc(C)c(C)c3)cc2)s1. The number of aromatic nitrogens is 2. The third kappa shape index (κ3) is 5.43. The fraction of sp³-hybridized carbons (Fsp3) is 0.286. The Kier molecular flexibility index (Phi) is 6.84. The van der Waals surface area contributed by atoms with Gasteiger partial charge in [-0.3, -0.25) is 14.8 Å². The predicted molar refractivity (Wildman–Crippen MR) is 120 cm³/mol. The summed E-state index contributed by atoms with van der Waals surface area (Å²) in [6.45, 7) is 5.90. The molecule has 0 bridgehead atoms. The van der Waals surface area contributed by atoms with E-state index in [9.17, 15) is 13.2 Å². The van der Waals surface area contributed by atoms with Gasteiger partial charge in [0.15, 0.2) is 0 Å². The third-order valence-electron chi connectivity index (χ3n) is 4.62. The Bertz CT molecular complexity index is 1140. The van der Waals surface area contributed by atoms with Gasteiger partial charge in [-0.1, -0.05) is 30.7 Å². The van der Waals surface area contributed by atoms with Crippen LogP contribution in [0.1, 0.15) is 46.3 Å². The molecule has 9 heteroatoms. The molecule has 1 heterocycles. The standard InChI is InChI=1S/C21H24N4O3S2/c1-4-5-6-19-23-24-21(29-19)22-20(26)16-8-10-17(11-9-16)25-30(27,28)18-12-7-14(2)15(3)13-18/h7-13,25H,4-6H2,1-3H3,(H,22,24,26). The van der Waals surface area contributed by atoms with Crippen molar-refractivity contribution in [1.29, 1.82) is 0 Å². The highest BCUT2D eigenvalue weighted by Crippen LogP contribution is 2.21. The first-order valence-electron chi connectivity index (χ1n) is 9.62. The van der Waals surface area contributed by atoms with E-state index >= 15 is 0 Å². The lowest BCUT2D eigenvalue weighted by Crippen LogP contribution is -2.14. The van der Waals surface area contributed by atoms with Crippen molar-refractivity contribution in [3.05, 3.63) is 64.2 Å². The van der Waals surface area contributed by atoms with E-state index in [1.165, 1.54) is 11.3 Å². The van der Waals surface area contributed by atoms with E-state index in [1.54, 1.807) is 42.5 Å². The number of anilines is 2. The van der Waals surface area contributed by atoms with Gasteiger partial charge in [0.2, 0.25) is 5.13 Å². The van der Waals surface area contributed by atoms with Crippen LogP contribution in [0.4, 0.5) is 10.8 Å². The number of hydrogen-bond acceptors (Lipinski definition) is 6. The number of hydrogen-bond donors (Lipinski definition) is 2. The molecule has 30 heavy (non-hydrogen) atoms. The van der Waals surface area contributed by atoms with Crippen molar-refractivity contribution < 1.29 is 13.2 Å². The van der Waals surface area contributed by atoms with Crippen LogP contribution in [0.3, 0.4) is 0 Å². The third-order valence-corrected chi connectivity index (χ3v) is 6.90. The second kappa shape index (κ2) is 9.36. The average molecular weight is 445 g/mol. The number of unbranched alkanes of at least 4 members (excludes halogenated alkanes) is 1. The number of rotatable bonds is 8. The molecule has 158 valence electrons. The molecule has 0 unspecified atom stereocenters. The topological polar surface area (TPSA) is 101 Å². The van der Waals surface area contributed by atoms with E-state index in [4.69, 9.17) is 0 Å². The maximum Gasteiger partial charge on any atom is 0.261 e. The van der Waals surface area contributed by atoms with Crippen molar-refractivity contribution in [1.82, 2.24) is 10.2 Å². The molecular weight excluding hydrogens is 420 g/mol. The highest BCUT2D eigenvalue weighted by atomic mass is 32.2. The Labute approximate surface area is 180 Å². The van der Waals surface area contributed by atoms with Gasteiger partial charge in [-0.15, -0.1) is 10.2 Å². The second-order valence-corrected chi connectivity index (χ2v) is 9.73. The summed E-state index contributed by atoms with van der Waals surface area (Å²) in [5.74, 6) is -0.322. The predicted octanol–water partition coefficient (Wildman–Crippen LogP) is 4.55. The van der Waals surface area contributed by atoms with Crippen LogP contribution in [0.2, 0.25) is 0 Å². The minimum atomic E-state index is -3.71. The maximum absolute atomic E-state index is 12.6. The second-order valence-electron chi connectivity index (χ2n) is 6.99. The molecule has 0 spiro atoms. The zero-order valence-corrected chi connectivity index (χ0v) is 18.7. The summed E-state index contributed by atoms with van der Waals surface area (Å²) in [7, 11) is -3.71. The molecular formula is C21H24N4O3S2.